The maximum absolute atomic E-state index is 12.1. The Morgan fingerprint density at radius 1 is 0.966 bits per heavy atom. The van der Waals surface area contributed by atoms with Gasteiger partial charge in [0, 0.05) is 22.9 Å². The highest BCUT2D eigenvalue weighted by Gasteiger charge is 2.18. The molecule has 3 heterocycles. The molecule has 0 atom stereocenters. The molecule has 1 aromatic carbocycles. The van der Waals surface area contributed by atoms with E-state index in [0.717, 1.165) is 0 Å². The normalized spacial score (nSPS) is 10.8. The number of nitrogens with zero attached hydrogens (tertiary/aromatic N) is 3. The zero-order chi connectivity index (χ0) is 20.1. The van der Waals surface area contributed by atoms with Crippen molar-refractivity contribution in [2.75, 3.05) is 11.1 Å². The summed E-state index contributed by atoms with van der Waals surface area (Å²) in [6.07, 6.45) is 3.43. The molecule has 1 amide bonds. The number of aromatic nitrogens is 3. The molecule has 7 nitrogen and oxygen atoms in total. The molecule has 0 spiro atoms. The molecule has 0 fully saturated rings. The lowest BCUT2D eigenvalue weighted by Gasteiger charge is -2.06. The second-order valence-electron chi connectivity index (χ2n) is 5.90. The standard InChI is InChI=1S/C20H15ClN4O3S/c21-13-5-7-14(8-6-13)22-17(26)9-12-29-20-23-18(15-3-1-10-27-15)19(24-25-20)16-4-2-11-28-16/h1-8,10-11H,9,12H2,(H,22,26). The van der Waals surface area contributed by atoms with E-state index in [1.165, 1.54) is 11.8 Å². The fourth-order valence-electron chi connectivity index (χ4n) is 2.53. The first-order chi connectivity index (χ1) is 14.2. The molecule has 0 aliphatic heterocycles. The van der Waals surface area contributed by atoms with Crippen molar-refractivity contribution in [3.05, 3.63) is 66.1 Å². The zero-order valence-corrected chi connectivity index (χ0v) is 16.6. The van der Waals surface area contributed by atoms with Gasteiger partial charge < -0.3 is 14.2 Å². The van der Waals surface area contributed by atoms with Gasteiger partial charge in [-0.2, -0.15) is 0 Å². The molecule has 0 bridgehead atoms. The summed E-state index contributed by atoms with van der Waals surface area (Å²) >= 11 is 7.18. The Balaban J connectivity index is 1.42. The number of amides is 1. The maximum Gasteiger partial charge on any atom is 0.225 e. The summed E-state index contributed by atoms with van der Waals surface area (Å²) in [7, 11) is 0. The van der Waals surface area contributed by atoms with Gasteiger partial charge in [0.1, 0.15) is 5.69 Å². The molecule has 146 valence electrons. The number of anilines is 1. The summed E-state index contributed by atoms with van der Waals surface area (Å²) in [6, 6.07) is 14.1. The highest BCUT2D eigenvalue weighted by Crippen LogP contribution is 2.30. The van der Waals surface area contributed by atoms with Gasteiger partial charge in [0.2, 0.25) is 11.1 Å². The van der Waals surface area contributed by atoms with Crippen LogP contribution in [0, 0.1) is 0 Å². The Hall–Kier alpha value is -3.10. The van der Waals surface area contributed by atoms with Gasteiger partial charge in [-0.3, -0.25) is 4.79 Å². The lowest BCUT2D eigenvalue weighted by atomic mass is 10.2. The summed E-state index contributed by atoms with van der Waals surface area (Å²) in [5, 5.41) is 12.3. The Kier molecular flexibility index (Phi) is 5.92. The van der Waals surface area contributed by atoms with Crippen molar-refractivity contribution in [2.45, 2.75) is 11.6 Å². The molecule has 0 saturated heterocycles. The van der Waals surface area contributed by atoms with E-state index in [9.17, 15) is 4.79 Å². The van der Waals surface area contributed by atoms with Crippen molar-refractivity contribution in [3.8, 4) is 22.9 Å². The minimum Gasteiger partial charge on any atom is -0.463 e. The van der Waals surface area contributed by atoms with E-state index in [1.807, 2.05) is 0 Å². The first-order valence-corrected chi connectivity index (χ1v) is 10.1. The van der Waals surface area contributed by atoms with Gasteiger partial charge >= 0.3 is 0 Å². The molecule has 4 aromatic rings. The third-order valence-electron chi connectivity index (χ3n) is 3.86. The molecule has 0 saturated carbocycles. The van der Waals surface area contributed by atoms with Crippen molar-refractivity contribution < 1.29 is 13.6 Å². The van der Waals surface area contributed by atoms with Crippen LogP contribution >= 0.6 is 23.4 Å². The first kappa shape index (κ1) is 19.2. The first-order valence-electron chi connectivity index (χ1n) is 8.70. The molecule has 0 radical (unpaired) electrons. The number of thioether (sulfide) groups is 1. The lowest BCUT2D eigenvalue weighted by molar-refractivity contribution is -0.115. The van der Waals surface area contributed by atoms with Gasteiger partial charge in [0.15, 0.2) is 17.2 Å². The Morgan fingerprint density at radius 2 is 1.66 bits per heavy atom. The maximum atomic E-state index is 12.1. The van der Waals surface area contributed by atoms with E-state index >= 15 is 0 Å². The minimum atomic E-state index is -0.105. The summed E-state index contributed by atoms with van der Waals surface area (Å²) in [5.41, 5.74) is 1.73. The average molecular weight is 427 g/mol. The van der Waals surface area contributed by atoms with E-state index in [2.05, 4.69) is 20.5 Å². The number of carbonyl (C=O) groups is 1. The zero-order valence-electron chi connectivity index (χ0n) is 15.0. The second-order valence-corrected chi connectivity index (χ2v) is 7.40. The molecule has 0 aliphatic carbocycles. The number of hydrogen-bond donors (Lipinski definition) is 1. The summed E-state index contributed by atoms with van der Waals surface area (Å²) in [6.45, 7) is 0. The van der Waals surface area contributed by atoms with Crippen LogP contribution in [0.25, 0.3) is 22.9 Å². The van der Waals surface area contributed by atoms with Gasteiger partial charge in [-0.05, 0) is 48.5 Å². The van der Waals surface area contributed by atoms with Gasteiger partial charge in [-0.1, -0.05) is 23.4 Å². The lowest BCUT2D eigenvalue weighted by Crippen LogP contribution is -2.12. The van der Waals surface area contributed by atoms with Crippen LogP contribution in [-0.4, -0.2) is 26.8 Å². The molecule has 0 unspecified atom stereocenters. The minimum absolute atomic E-state index is 0.105. The van der Waals surface area contributed by atoms with E-state index in [-0.39, 0.29) is 5.91 Å². The van der Waals surface area contributed by atoms with E-state index in [1.54, 1.807) is 61.1 Å². The van der Waals surface area contributed by atoms with Crippen LogP contribution in [0.3, 0.4) is 0 Å². The van der Waals surface area contributed by atoms with Crippen molar-refractivity contribution in [1.29, 1.82) is 0 Å². The van der Waals surface area contributed by atoms with Crippen molar-refractivity contribution in [3.63, 3.8) is 0 Å². The quantitative estimate of drug-likeness (QED) is 0.407. The van der Waals surface area contributed by atoms with Crippen LogP contribution in [0.15, 0.2) is 75.0 Å². The Morgan fingerprint density at radius 3 is 2.31 bits per heavy atom. The smallest absolute Gasteiger partial charge is 0.225 e. The molecule has 29 heavy (non-hydrogen) atoms. The summed E-state index contributed by atoms with van der Waals surface area (Å²) in [4.78, 5) is 16.7. The SMILES string of the molecule is O=C(CCSc1nnc(-c2ccco2)c(-c2ccco2)n1)Nc1ccc(Cl)cc1. The third-order valence-corrected chi connectivity index (χ3v) is 4.96. The molecule has 3 aromatic heterocycles. The molecule has 1 N–H and O–H groups in total. The van der Waals surface area contributed by atoms with Crippen LogP contribution in [0.5, 0.6) is 0 Å². The molecule has 9 heteroatoms. The van der Waals surface area contributed by atoms with Gasteiger partial charge in [0.25, 0.3) is 0 Å². The van der Waals surface area contributed by atoms with Crippen LogP contribution in [0.4, 0.5) is 5.69 Å². The van der Waals surface area contributed by atoms with Crippen LogP contribution < -0.4 is 5.32 Å². The predicted molar refractivity (Wildman–Crippen MR) is 111 cm³/mol. The molecular formula is C20H15ClN4O3S. The highest BCUT2D eigenvalue weighted by molar-refractivity contribution is 7.99. The van der Waals surface area contributed by atoms with Crippen LogP contribution in [-0.2, 0) is 4.79 Å². The number of halogens is 1. The van der Waals surface area contributed by atoms with Crippen LogP contribution in [0.2, 0.25) is 5.02 Å². The van der Waals surface area contributed by atoms with Gasteiger partial charge in [-0.25, -0.2) is 4.98 Å². The number of carbonyl (C=O) groups excluding carboxylic acids is 1. The summed E-state index contributed by atoms with van der Waals surface area (Å²) in [5.74, 6) is 1.51. The van der Waals surface area contributed by atoms with Crippen LogP contribution in [0.1, 0.15) is 6.42 Å². The number of benzene rings is 1. The number of nitrogens with one attached hydrogen (secondary N) is 1. The Labute approximate surface area is 175 Å². The fraction of sp³-hybridized carbons (Fsp3) is 0.100. The highest BCUT2D eigenvalue weighted by atomic mass is 35.5. The van der Waals surface area contributed by atoms with Crippen molar-refractivity contribution in [1.82, 2.24) is 15.2 Å². The topological polar surface area (TPSA) is 94.0 Å². The molecule has 0 aliphatic rings. The number of hydrogen-bond acceptors (Lipinski definition) is 7. The van der Waals surface area contributed by atoms with E-state index in [0.29, 0.717) is 50.9 Å². The average Bonchev–Trinajstić information content (AvgIpc) is 3.44. The largest absolute Gasteiger partial charge is 0.463 e. The van der Waals surface area contributed by atoms with Crippen molar-refractivity contribution in [2.24, 2.45) is 0 Å². The van der Waals surface area contributed by atoms with Crippen molar-refractivity contribution >= 4 is 35.0 Å². The van der Waals surface area contributed by atoms with E-state index in [4.69, 9.17) is 20.4 Å². The fourth-order valence-corrected chi connectivity index (χ4v) is 3.38. The third kappa shape index (κ3) is 4.85. The second kappa shape index (κ2) is 8.93. The van der Waals surface area contributed by atoms with E-state index < -0.39 is 0 Å². The van der Waals surface area contributed by atoms with Gasteiger partial charge in [-0.15, -0.1) is 10.2 Å². The molecular weight excluding hydrogens is 412 g/mol. The predicted octanol–water partition coefficient (Wildman–Crippen LogP) is 5.17. The summed E-state index contributed by atoms with van der Waals surface area (Å²) < 4.78 is 10.9. The monoisotopic (exact) mass is 426 g/mol. The number of rotatable bonds is 7. The Bertz CT molecular complexity index is 1080. The number of furan rings is 2. The van der Waals surface area contributed by atoms with Gasteiger partial charge in [0.05, 0.1) is 12.5 Å². The molecule has 4 rings (SSSR count).